The minimum absolute atomic E-state index is 0.282. The minimum Gasteiger partial charge on any atom is -0.365 e. The summed E-state index contributed by atoms with van der Waals surface area (Å²) in [6.07, 6.45) is 6.63. The molecule has 0 radical (unpaired) electrons. The summed E-state index contributed by atoms with van der Waals surface area (Å²) in [6, 6.07) is 9.27. The molecule has 0 fully saturated rings. The van der Waals surface area contributed by atoms with Gasteiger partial charge in [-0.1, -0.05) is 48.1 Å². The second-order valence-electron chi connectivity index (χ2n) is 4.72. The molecule has 2 nitrogen and oxygen atoms in total. The van der Waals surface area contributed by atoms with Crippen molar-refractivity contribution in [1.82, 2.24) is 5.32 Å². The zero-order valence-corrected chi connectivity index (χ0v) is 10.1. The van der Waals surface area contributed by atoms with E-state index in [9.17, 15) is 0 Å². The number of benzene rings is 1. The predicted octanol–water partition coefficient (Wildman–Crippen LogP) is 2.71. The Kier molecular flexibility index (Phi) is 2.36. The number of amidine groups is 1. The Morgan fingerprint density at radius 3 is 2.65 bits per heavy atom. The molecule has 0 amide bonds. The molecular formula is C15H16N2. The summed E-state index contributed by atoms with van der Waals surface area (Å²) >= 11 is 0. The van der Waals surface area contributed by atoms with E-state index < -0.39 is 0 Å². The van der Waals surface area contributed by atoms with E-state index in [1.807, 2.05) is 6.92 Å². The fourth-order valence-corrected chi connectivity index (χ4v) is 2.36. The first-order valence-electron chi connectivity index (χ1n) is 6.00. The molecule has 0 spiro atoms. The Labute approximate surface area is 102 Å². The lowest BCUT2D eigenvalue weighted by molar-refractivity contribution is 0.697. The van der Waals surface area contributed by atoms with Gasteiger partial charge in [-0.15, -0.1) is 0 Å². The highest BCUT2D eigenvalue weighted by molar-refractivity contribution is 5.85. The monoisotopic (exact) mass is 224 g/mol. The van der Waals surface area contributed by atoms with E-state index in [1.54, 1.807) is 0 Å². The Hall–Kier alpha value is -1.83. The van der Waals surface area contributed by atoms with Gasteiger partial charge in [0.05, 0.1) is 17.9 Å². The van der Waals surface area contributed by atoms with Crippen molar-refractivity contribution < 1.29 is 0 Å². The second-order valence-corrected chi connectivity index (χ2v) is 4.72. The lowest BCUT2D eigenvalue weighted by atomic mass is 9.94. The van der Waals surface area contributed by atoms with Gasteiger partial charge in [-0.05, 0) is 25.0 Å². The molecule has 1 aliphatic carbocycles. The highest BCUT2D eigenvalue weighted by Crippen LogP contribution is 2.25. The SMILES string of the molecule is CC1=NC2C=CC(c3ccc(C)cc3)=CC2N1. The molecule has 17 heavy (non-hydrogen) atoms. The summed E-state index contributed by atoms with van der Waals surface area (Å²) in [5.41, 5.74) is 3.85. The second kappa shape index (κ2) is 3.88. The standard InChI is InChI=1S/C15H16N2/c1-10-3-5-12(6-4-10)13-7-8-14-15(9-13)17-11(2)16-14/h3-9,14-15H,1-2H3,(H,16,17). The maximum atomic E-state index is 4.53. The molecule has 1 N–H and O–H groups in total. The van der Waals surface area contributed by atoms with Gasteiger partial charge in [0.2, 0.25) is 0 Å². The van der Waals surface area contributed by atoms with Crippen molar-refractivity contribution in [3.63, 3.8) is 0 Å². The lowest BCUT2D eigenvalue weighted by Crippen LogP contribution is -2.32. The van der Waals surface area contributed by atoms with E-state index >= 15 is 0 Å². The number of hydrogen-bond acceptors (Lipinski definition) is 2. The molecule has 1 aliphatic heterocycles. The molecule has 2 unspecified atom stereocenters. The molecule has 1 heterocycles. The number of aryl methyl sites for hydroxylation is 1. The van der Waals surface area contributed by atoms with Crippen molar-refractivity contribution in [3.05, 3.63) is 53.6 Å². The van der Waals surface area contributed by atoms with Crippen LogP contribution in [0.2, 0.25) is 0 Å². The number of allylic oxidation sites excluding steroid dienone is 2. The van der Waals surface area contributed by atoms with Crippen LogP contribution in [0.25, 0.3) is 5.57 Å². The number of rotatable bonds is 1. The summed E-state index contributed by atoms with van der Waals surface area (Å²) in [5, 5.41) is 3.39. The van der Waals surface area contributed by atoms with E-state index in [2.05, 4.69) is 59.7 Å². The average molecular weight is 224 g/mol. The highest BCUT2D eigenvalue weighted by atomic mass is 15.1. The first-order chi connectivity index (χ1) is 8.22. The van der Waals surface area contributed by atoms with Crippen molar-refractivity contribution in [2.75, 3.05) is 0 Å². The Bertz CT molecular complexity index is 520. The molecule has 2 heteroatoms. The summed E-state index contributed by atoms with van der Waals surface area (Å²) in [4.78, 5) is 4.53. The van der Waals surface area contributed by atoms with Crippen LogP contribution in [0.15, 0.2) is 47.5 Å². The third-order valence-corrected chi connectivity index (χ3v) is 3.30. The summed E-state index contributed by atoms with van der Waals surface area (Å²) < 4.78 is 0. The van der Waals surface area contributed by atoms with E-state index in [1.165, 1.54) is 16.7 Å². The van der Waals surface area contributed by atoms with Crippen LogP contribution in [-0.2, 0) is 0 Å². The quantitative estimate of drug-likeness (QED) is 0.779. The largest absolute Gasteiger partial charge is 0.365 e. The van der Waals surface area contributed by atoms with Gasteiger partial charge in [0.25, 0.3) is 0 Å². The number of aliphatic imine (C=N–C) groups is 1. The molecule has 0 aromatic heterocycles. The van der Waals surface area contributed by atoms with Crippen LogP contribution >= 0.6 is 0 Å². The van der Waals surface area contributed by atoms with Crippen LogP contribution in [0.1, 0.15) is 18.1 Å². The molecular weight excluding hydrogens is 208 g/mol. The lowest BCUT2D eigenvalue weighted by Gasteiger charge is -2.18. The topological polar surface area (TPSA) is 24.4 Å². The maximum absolute atomic E-state index is 4.53. The fourth-order valence-electron chi connectivity index (χ4n) is 2.36. The van der Waals surface area contributed by atoms with E-state index in [0.717, 1.165) is 5.84 Å². The minimum atomic E-state index is 0.282. The Morgan fingerprint density at radius 1 is 1.12 bits per heavy atom. The van der Waals surface area contributed by atoms with Gasteiger partial charge in [0, 0.05) is 0 Å². The average Bonchev–Trinajstić information content (AvgIpc) is 2.69. The highest BCUT2D eigenvalue weighted by Gasteiger charge is 2.25. The van der Waals surface area contributed by atoms with Crippen LogP contribution in [0.3, 0.4) is 0 Å². The van der Waals surface area contributed by atoms with E-state index in [4.69, 9.17) is 0 Å². The zero-order valence-electron chi connectivity index (χ0n) is 10.1. The van der Waals surface area contributed by atoms with Crippen molar-refractivity contribution in [2.24, 2.45) is 4.99 Å². The first-order valence-corrected chi connectivity index (χ1v) is 6.00. The molecule has 2 aliphatic rings. The number of fused-ring (bicyclic) bond motifs is 1. The zero-order chi connectivity index (χ0) is 11.8. The molecule has 0 saturated carbocycles. The van der Waals surface area contributed by atoms with Crippen LogP contribution < -0.4 is 5.32 Å². The van der Waals surface area contributed by atoms with Gasteiger partial charge in [0.1, 0.15) is 0 Å². The summed E-state index contributed by atoms with van der Waals surface area (Å²) in [7, 11) is 0. The molecule has 1 aromatic carbocycles. The van der Waals surface area contributed by atoms with Crippen LogP contribution in [0.5, 0.6) is 0 Å². The van der Waals surface area contributed by atoms with Crippen molar-refractivity contribution in [1.29, 1.82) is 0 Å². The van der Waals surface area contributed by atoms with Crippen LogP contribution in [0, 0.1) is 6.92 Å². The third-order valence-electron chi connectivity index (χ3n) is 3.30. The fraction of sp³-hybridized carbons (Fsp3) is 0.267. The molecule has 0 saturated heterocycles. The molecule has 1 aromatic rings. The third kappa shape index (κ3) is 1.91. The normalized spacial score (nSPS) is 26.0. The molecule has 3 rings (SSSR count). The van der Waals surface area contributed by atoms with Crippen molar-refractivity contribution in [2.45, 2.75) is 25.9 Å². The van der Waals surface area contributed by atoms with Crippen molar-refractivity contribution in [3.8, 4) is 0 Å². The molecule has 86 valence electrons. The smallest absolute Gasteiger partial charge is 0.0945 e. The Balaban J connectivity index is 1.89. The predicted molar refractivity (Wildman–Crippen MR) is 72.1 cm³/mol. The van der Waals surface area contributed by atoms with Gasteiger partial charge < -0.3 is 5.32 Å². The maximum Gasteiger partial charge on any atom is 0.0945 e. The van der Waals surface area contributed by atoms with Gasteiger partial charge in [0.15, 0.2) is 0 Å². The van der Waals surface area contributed by atoms with E-state index in [-0.39, 0.29) is 6.04 Å². The van der Waals surface area contributed by atoms with Crippen LogP contribution in [-0.4, -0.2) is 17.9 Å². The van der Waals surface area contributed by atoms with Gasteiger partial charge in [-0.25, -0.2) is 0 Å². The number of nitrogens with zero attached hydrogens (tertiary/aromatic N) is 1. The van der Waals surface area contributed by atoms with Crippen molar-refractivity contribution >= 4 is 11.4 Å². The van der Waals surface area contributed by atoms with E-state index in [0.29, 0.717) is 6.04 Å². The van der Waals surface area contributed by atoms with Gasteiger partial charge in [-0.3, -0.25) is 4.99 Å². The number of nitrogens with one attached hydrogen (secondary N) is 1. The molecule has 2 atom stereocenters. The van der Waals surface area contributed by atoms with Crippen LogP contribution in [0.4, 0.5) is 0 Å². The van der Waals surface area contributed by atoms with Gasteiger partial charge >= 0.3 is 0 Å². The number of hydrogen-bond donors (Lipinski definition) is 1. The summed E-state index contributed by atoms with van der Waals surface area (Å²) in [6.45, 7) is 4.13. The molecule has 0 bridgehead atoms. The Morgan fingerprint density at radius 2 is 1.88 bits per heavy atom. The first kappa shape index (κ1) is 10.3. The van der Waals surface area contributed by atoms with Gasteiger partial charge in [-0.2, -0.15) is 0 Å². The summed E-state index contributed by atoms with van der Waals surface area (Å²) in [5.74, 6) is 1.03.